The van der Waals surface area contributed by atoms with E-state index in [-0.39, 0.29) is 43.1 Å². The Morgan fingerprint density at radius 2 is 2.18 bits per heavy atom. The summed E-state index contributed by atoms with van der Waals surface area (Å²) in [6.07, 6.45) is -1.29. The van der Waals surface area contributed by atoms with Gasteiger partial charge in [-0.1, -0.05) is 13.3 Å². The van der Waals surface area contributed by atoms with E-state index in [1.807, 2.05) is 6.92 Å². The molecule has 1 heterocycles. The lowest BCUT2D eigenvalue weighted by atomic mass is 10.2. The van der Waals surface area contributed by atoms with Crippen LogP contribution in [0.2, 0.25) is 0 Å². The normalized spacial score (nSPS) is 11.7. The predicted molar refractivity (Wildman–Crippen MR) is 89.5 cm³/mol. The van der Waals surface area contributed by atoms with Gasteiger partial charge in [-0.2, -0.15) is 13.2 Å². The zero-order chi connectivity index (χ0) is 15.7. The van der Waals surface area contributed by atoms with Crippen LogP contribution in [0.4, 0.5) is 13.2 Å². The number of aromatic nitrogens is 1. The second-order valence-electron chi connectivity index (χ2n) is 4.25. The molecule has 0 fully saturated rings. The van der Waals surface area contributed by atoms with Gasteiger partial charge in [0, 0.05) is 12.7 Å². The minimum absolute atomic E-state index is 0. The number of aliphatic imine (C=N–C) groups is 1. The molecule has 0 radical (unpaired) electrons. The van der Waals surface area contributed by atoms with Gasteiger partial charge in [0.05, 0.1) is 6.54 Å². The first-order chi connectivity index (χ1) is 9.95. The first-order valence-corrected chi connectivity index (χ1v) is 6.64. The number of nitrogens with zero attached hydrogens (tertiary/aromatic N) is 2. The van der Waals surface area contributed by atoms with Gasteiger partial charge in [-0.3, -0.25) is 4.99 Å². The highest BCUT2D eigenvalue weighted by atomic mass is 127. The van der Waals surface area contributed by atoms with Gasteiger partial charge < -0.3 is 15.8 Å². The third kappa shape index (κ3) is 7.66. The van der Waals surface area contributed by atoms with E-state index in [2.05, 4.69) is 15.3 Å². The van der Waals surface area contributed by atoms with E-state index in [0.717, 1.165) is 18.9 Å². The molecule has 0 spiro atoms. The quantitative estimate of drug-likeness (QED) is 0.301. The van der Waals surface area contributed by atoms with E-state index in [4.69, 9.17) is 10.5 Å². The van der Waals surface area contributed by atoms with Gasteiger partial charge in [0.2, 0.25) is 5.88 Å². The number of pyridine rings is 1. The van der Waals surface area contributed by atoms with Crippen LogP contribution in [0.5, 0.6) is 5.88 Å². The summed E-state index contributed by atoms with van der Waals surface area (Å²) < 4.78 is 43.1. The van der Waals surface area contributed by atoms with E-state index in [0.29, 0.717) is 6.54 Å². The standard InChI is InChI=1S/C13H19F3N4O.HI/c1-2-3-6-19-12(17)20-8-9-21-11-10(13(14,15)16)5-4-7-18-11;/h4-5,7H,2-3,6,8-9H2,1H3,(H3,17,19,20);1H. The van der Waals surface area contributed by atoms with Crippen LogP contribution in [-0.4, -0.2) is 30.6 Å². The van der Waals surface area contributed by atoms with Gasteiger partial charge in [0.15, 0.2) is 5.96 Å². The number of ether oxygens (including phenoxy) is 1. The molecule has 9 heteroatoms. The number of nitrogens with two attached hydrogens (primary N) is 1. The van der Waals surface area contributed by atoms with Crippen molar-refractivity contribution in [2.24, 2.45) is 10.7 Å². The van der Waals surface area contributed by atoms with Gasteiger partial charge in [0.1, 0.15) is 12.2 Å². The van der Waals surface area contributed by atoms with E-state index >= 15 is 0 Å². The molecule has 0 atom stereocenters. The van der Waals surface area contributed by atoms with E-state index in [1.54, 1.807) is 0 Å². The van der Waals surface area contributed by atoms with Crippen LogP contribution in [0.3, 0.4) is 0 Å². The number of hydrogen-bond donors (Lipinski definition) is 2. The molecule has 0 saturated carbocycles. The molecule has 3 N–H and O–H groups in total. The summed E-state index contributed by atoms with van der Waals surface area (Å²) in [5.74, 6) is -0.183. The van der Waals surface area contributed by atoms with Gasteiger partial charge in [-0.05, 0) is 18.6 Å². The average Bonchev–Trinajstić information content (AvgIpc) is 2.43. The summed E-state index contributed by atoms with van der Waals surface area (Å²) >= 11 is 0. The Morgan fingerprint density at radius 1 is 1.45 bits per heavy atom. The number of alkyl halides is 3. The van der Waals surface area contributed by atoms with Crippen molar-refractivity contribution >= 4 is 29.9 Å². The largest absolute Gasteiger partial charge is 0.475 e. The first-order valence-electron chi connectivity index (χ1n) is 6.64. The molecule has 0 saturated heterocycles. The SMILES string of the molecule is CCCCN=C(N)NCCOc1ncccc1C(F)(F)F.I. The van der Waals surface area contributed by atoms with Gasteiger partial charge in [0.25, 0.3) is 0 Å². The third-order valence-corrected chi connectivity index (χ3v) is 2.52. The van der Waals surface area contributed by atoms with Gasteiger partial charge in [-0.25, -0.2) is 4.98 Å². The van der Waals surface area contributed by atoms with Crippen LogP contribution in [0.15, 0.2) is 23.3 Å². The predicted octanol–water partition coefficient (Wildman–Crippen LogP) is 2.80. The van der Waals surface area contributed by atoms with Crippen molar-refractivity contribution < 1.29 is 17.9 Å². The van der Waals surface area contributed by atoms with Crippen LogP contribution in [0.25, 0.3) is 0 Å². The molecule has 1 aromatic rings. The Hall–Kier alpha value is -1.26. The zero-order valence-corrected chi connectivity index (χ0v) is 14.5. The number of hydrogen-bond acceptors (Lipinski definition) is 3. The van der Waals surface area contributed by atoms with Crippen molar-refractivity contribution in [2.75, 3.05) is 19.7 Å². The van der Waals surface area contributed by atoms with E-state index < -0.39 is 17.6 Å². The Morgan fingerprint density at radius 3 is 2.82 bits per heavy atom. The van der Waals surface area contributed by atoms with Crippen LogP contribution in [-0.2, 0) is 6.18 Å². The van der Waals surface area contributed by atoms with Crippen molar-refractivity contribution in [3.05, 3.63) is 23.9 Å². The number of nitrogens with one attached hydrogen (secondary N) is 1. The van der Waals surface area contributed by atoms with Crippen molar-refractivity contribution in [3.8, 4) is 5.88 Å². The average molecular weight is 432 g/mol. The second-order valence-corrected chi connectivity index (χ2v) is 4.25. The molecule has 126 valence electrons. The second kappa shape index (κ2) is 10.5. The molecular weight excluding hydrogens is 412 g/mol. The maximum atomic E-state index is 12.7. The van der Waals surface area contributed by atoms with Crippen LogP contribution >= 0.6 is 24.0 Å². The minimum Gasteiger partial charge on any atom is -0.475 e. The topological polar surface area (TPSA) is 72.5 Å². The molecule has 0 unspecified atom stereocenters. The number of unbranched alkanes of at least 4 members (excludes halogenated alkanes) is 1. The zero-order valence-electron chi connectivity index (χ0n) is 12.2. The Kier molecular flexibility index (Phi) is 9.86. The summed E-state index contributed by atoms with van der Waals surface area (Å²) in [5.41, 5.74) is 4.69. The molecule has 0 amide bonds. The maximum Gasteiger partial charge on any atom is 0.421 e. The first kappa shape index (κ1) is 20.7. The van der Waals surface area contributed by atoms with E-state index in [1.165, 1.54) is 12.3 Å². The highest BCUT2D eigenvalue weighted by molar-refractivity contribution is 14.0. The fraction of sp³-hybridized carbons (Fsp3) is 0.538. The molecule has 1 aromatic heterocycles. The van der Waals surface area contributed by atoms with Crippen molar-refractivity contribution in [1.82, 2.24) is 10.3 Å². The molecule has 0 aliphatic rings. The number of rotatable bonds is 7. The monoisotopic (exact) mass is 432 g/mol. The summed E-state index contributed by atoms with van der Waals surface area (Å²) in [6, 6.07) is 2.14. The molecule has 5 nitrogen and oxygen atoms in total. The van der Waals surface area contributed by atoms with Gasteiger partial charge in [-0.15, -0.1) is 24.0 Å². The minimum atomic E-state index is -4.49. The van der Waals surface area contributed by atoms with Crippen LogP contribution in [0.1, 0.15) is 25.3 Å². The molecule has 0 aliphatic carbocycles. The fourth-order valence-corrected chi connectivity index (χ4v) is 1.46. The summed E-state index contributed by atoms with van der Waals surface area (Å²) in [4.78, 5) is 7.64. The molecular formula is C13H20F3IN4O. The molecule has 0 aliphatic heterocycles. The lowest BCUT2D eigenvalue weighted by Crippen LogP contribution is -2.35. The smallest absolute Gasteiger partial charge is 0.421 e. The van der Waals surface area contributed by atoms with Crippen molar-refractivity contribution in [2.45, 2.75) is 25.9 Å². The van der Waals surface area contributed by atoms with E-state index in [9.17, 15) is 13.2 Å². The summed E-state index contributed by atoms with van der Waals surface area (Å²) in [5, 5.41) is 2.76. The number of guanidine groups is 1. The molecule has 0 bridgehead atoms. The highest BCUT2D eigenvalue weighted by Crippen LogP contribution is 2.34. The van der Waals surface area contributed by atoms with Crippen LogP contribution < -0.4 is 15.8 Å². The van der Waals surface area contributed by atoms with Crippen molar-refractivity contribution in [3.63, 3.8) is 0 Å². The Labute approximate surface area is 144 Å². The number of halogens is 4. The Balaban J connectivity index is 0.00000441. The lowest BCUT2D eigenvalue weighted by Gasteiger charge is -2.12. The molecule has 22 heavy (non-hydrogen) atoms. The maximum absolute atomic E-state index is 12.7. The molecule has 1 rings (SSSR count). The fourth-order valence-electron chi connectivity index (χ4n) is 1.46. The summed E-state index contributed by atoms with van der Waals surface area (Å²) in [6.45, 7) is 2.91. The highest BCUT2D eigenvalue weighted by Gasteiger charge is 2.34. The van der Waals surface area contributed by atoms with Crippen molar-refractivity contribution in [1.29, 1.82) is 0 Å². The van der Waals surface area contributed by atoms with Gasteiger partial charge >= 0.3 is 6.18 Å². The van der Waals surface area contributed by atoms with Crippen LogP contribution in [0, 0.1) is 0 Å². The third-order valence-electron chi connectivity index (χ3n) is 2.52. The summed E-state index contributed by atoms with van der Waals surface area (Å²) in [7, 11) is 0. The Bertz CT molecular complexity index is 469. The molecule has 0 aromatic carbocycles. The lowest BCUT2D eigenvalue weighted by molar-refractivity contribution is -0.139.